The molecule has 0 saturated carbocycles. The summed E-state index contributed by atoms with van der Waals surface area (Å²) >= 11 is 0. The van der Waals surface area contributed by atoms with E-state index in [0.717, 1.165) is 11.1 Å². The molecule has 0 aliphatic carbocycles. The SMILES string of the molecule is O=C(COc1ccccc1F)N=C1N=C2N=CC=CN2Cc2ccccc21. The van der Waals surface area contributed by atoms with E-state index in [0.29, 0.717) is 12.5 Å². The van der Waals surface area contributed by atoms with Crippen LogP contribution in [0.1, 0.15) is 11.1 Å². The van der Waals surface area contributed by atoms with Crippen molar-refractivity contribution < 1.29 is 13.9 Å². The van der Waals surface area contributed by atoms with E-state index >= 15 is 0 Å². The number of amides is 1. The zero-order valence-electron chi connectivity index (χ0n) is 14.2. The number of ether oxygens (including phenoxy) is 1. The van der Waals surface area contributed by atoms with Crippen molar-refractivity contribution in [1.82, 2.24) is 4.90 Å². The minimum atomic E-state index is -0.559. The van der Waals surface area contributed by atoms with E-state index in [1.54, 1.807) is 18.3 Å². The first-order valence-electron chi connectivity index (χ1n) is 8.34. The number of hydrogen-bond acceptors (Lipinski definition) is 4. The number of guanidine groups is 1. The van der Waals surface area contributed by atoms with Gasteiger partial charge in [0.25, 0.3) is 5.91 Å². The number of fused-ring (bicyclic) bond motifs is 2. The normalized spacial score (nSPS) is 16.4. The number of rotatable bonds is 3. The molecule has 0 saturated heterocycles. The molecule has 0 atom stereocenters. The van der Waals surface area contributed by atoms with Crippen molar-refractivity contribution in [1.29, 1.82) is 0 Å². The summed E-state index contributed by atoms with van der Waals surface area (Å²) in [5, 5.41) is 0. The Labute approximate surface area is 155 Å². The summed E-state index contributed by atoms with van der Waals surface area (Å²) in [4.78, 5) is 27.0. The third-order valence-corrected chi connectivity index (χ3v) is 4.02. The molecular formula is C20H15FN4O2. The molecule has 0 aromatic heterocycles. The smallest absolute Gasteiger partial charge is 0.285 e. The van der Waals surface area contributed by atoms with E-state index in [-0.39, 0.29) is 18.2 Å². The molecule has 1 amide bonds. The molecule has 2 aliphatic heterocycles. The zero-order chi connectivity index (χ0) is 18.6. The average Bonchev–Trinajstić information content (AvgIpc) is 2.84. The molecular weight excluding hydrogens is 347 g/mol. The van der Waals surface area contributed by atoms with Crippen LogP contribution >= 0.6 is 0 Å². The fourth-order valence-electron chi connectivity index (χ4n) is 2.76. The van der Waals surface area contributed by atoms with Crippen molar-refractivity contribution in [2.24, 2.45) is 15.0 Å². The van der Waals surface area contributed by atoms with Crippen LogP contribution in [0.3, 0.4) is 0 Å². The quantitative estimate of drug-likeness (QED) is 0.843. The number of aliphatic imine (C=N–C) groups is 3. The molecule has 0 radical (unpaired) electrons. The Morgan fingerprint density at radius 3 is 2.89 bits per heavy atom. The number of nitrogens with zero attached hydrogens (tertiary/aromatic N) is 4. The van der Waals surface area contributed by atoms with Gasteiger partial charge in [-0.05, 0) is 23.8 Å². The van der Waals surface area contributed by atoms with Crippen molar-refractivity contribution in [2.75, 3.05) is 6.61 Å². The average molecular weight is 362 g/mol. The van der Waals surface area contributed by atoms with Crippen LogP contribution < -0.4 is 4.74 Å². The molecule has 2 aromatic rings. The van der Waals surface area contributed by atoms with E-state index in [1.807, 2.05) is 41.4 Å². The molecule has 134 valence electrons. The van der Waals surface area contributed by atoms with E-state index in [1.165, 1.54) is 12.1 Å². The standard InChI is InChI=1S/C20H15FN4O2/c21-16-8-3-4-9-17(16)27-13-18(26)23-19-15-7-2-1-6-14(15)12-25-11-5-10-22-20(25)24-19/h1-11H,12-13H2. The number of para-hydroxylation sites is 1. The summed E-state index contributed by atoms with van der Waals surface area (Å²) in [7, 11) is 0. The summed E-state index contributed by atoms with van der Waals surface area (Å²) in [6.45, 7) is 0.187. The van der Waals surface area contributed by atoms with Crippen LogP contribution in [0.25, 0.3) is 0 Å². The number of carbonyl (C=O) groups excluding carboxylic acids is 1. The number of hydrogen-bond donors (Lipinski definition) is 0. The molecule has 6 nitrogen and oxygen atoms in total. The number of benzene rings is 2. The highest BCUT2D eigenvalue weighted by Crippen LogP contribution is 2.20. The molecule has 2 aliphatic rings. The molecule has 27 heavy (non-hydrogen) atoms. The molecule has 4 rings (SSSR count). The summed E-state index contributed by atoms with van der Waals surface area (Å²) < 4.78 is 18.8. The first-order valence-corrected chi connectivity index (χ1v) is 8.34. The number of allylic oxidation sites excluding steroid dienone is 1. The Bertz CT molecular complexity index is 1010. The van der Waals surface area contributed by atoms with Crippen LogP contribution in [-0.2, 0) is 11.3 Å². The highest BCUT2D eigenvalue weighted by molar-refractivity contribution is 6.13. The fourth-order valence-corrected chi connectivity index (χ4v) is 2.76. The van der Waals surface area contributed by atoms with E-state index in [9.17, 15) is 9.18 Å². The number of carbonyl (C=O) groups is 1. The minimum absolute atomic E-state index is 0.00632. The van der Waals surface area contributed by atoms with Gasteiger partial charge in [-0.3, -0.25) is 4.79 Å². The highest BCUT2D eigenvalue weighted by Gasteiger charge is 2.21. The summed E-state index contributed by atoms with van der Waals surface area (Å²) in [5.41, 5.74) is 1.72. The van der Waals surface area contributed by atoms with Gasteiger partial charge in [-0.1, -0.05) is 36.4 Å². The minimum Gasteiger partial charge on any atom is -0.481 e. The van der Waals surface area contributed by atoms with E-state index in [4.69, 9.17) is 4.74 Å². The van der Waals surface area contributed by atoms with Gasteiger partial charge in [0, 0.05) is 18.0 Å². The van der Waals surface area contributed by atoms with E-state index < -0.39 is 11.7 Å². The first-order chi connectivity index (χ1) is 13.2. The first kappa shape index (κ1) is 16.8. The summed E-state index contributed by atoms with van der Waals surface area (Å²) in [6.07, 6.45) is 5.32. The molecule has 0 N–H and O–H groups in total. The predicted octanol–water partition coefficient (Wildman–Crippen LogP) is 2.95. The van der Waals surface area contributed by atoms with Crippen LogP contribution in [0.15, 0.2) is 75.8 Å². The molecule has 0 bridgehead atoms. The van der Waals surface area contributed by atoms with Crippen molar-refractivity contribution in [3.05, 3.63) is 77.8 Å². The Hall–Kier alpha value is -3.61. The monoisotopic (exact) mass is 362 g/mol. The summed E-state index contributed by atoms with van der Waals surface area (Å²) in [6, 6.07) is 13.5. The van der Waals surface area contributed by atoms with Gasteiger partial charge in [0.15, 0.2) is 24.0 Å². The Kier molecular flexibility index (Phi) is 4.57. The van der Waals surface area contributed by atoms with Gasteiger partial charge >= 0.3 is 0 Å². The maximum absolute atomic E-state index is 13.6. The van der Waals surface area contributed by atoms with Gasteiger partial charge in [-0.15, -0.1) is 0 Å². The van der Waals surface area contributed by atoms with Crippen LogP contribution in [0, 0.1) is 5.82 Å². The van der Waals surface area contributed by atoms with Crippen LogP contribution in [0.2, 0.25) is 0 Å². The third kappa shape index (κ3) is 3.67. The fraction of sp³-hybridized carbons (Fsp3) is 0.100. The Morgan fingerprint density at radius 2 is 2.00 bits per heavy atom. The van der Waals surface area contributed by atoms with Gasteiger partial charge < -0.3 is 9.64 Å². The molecule has 0 fully saturated rings. The second-order valence-corrected chi connectivity index (χ2v) is 5.86. The topological polar surface area (TPSA) is 66.6 Å². The molecule has 2 aromatic carbocycles. The lowest BCUT2D eigenvalue weighted by molar-refractivity contribution is -0.119. The lowest BCUT2D eigenvalue weighted by Crippen LogP contribution is -2.25. The zero-order valence-corrected chi connectivity index (χ0v) is 14.2. The lowest BCUT2D eigenvalue weighted by Gasteiger charge is -2.19. The van der Waals surface area contributed by atoms with E-state index in [2.05, 4.69) is 15.0 Å². The molecule has 2 heterocycles. The maximum Gasteiger partial charge on any atom is 0.285 e. The van der Waals surface area contributed by atoms with Crippen LogP contribution in [0.5, 0.6) is 5.75 Å². The van der Waals surface area contributed by atoms with Gasteiger partial charge in [0.1, 0.15) is 0 Å². The Balaban J connectivity index is 1.62. The van der Waals surface area contributed by atoms with Gasteiger partial charge in [0.2, 0.25) is 5.96 Å². The van der Waals surface area contributed by atoms with Crippen molar-refractivity contribution in [3.8, 4) is 5.75 Å². The molecule has 7 heteroatoms. The number of amidine groups is 1. The molecule has 0 unspecified atom stereocenters. The van der Waals surface area contributed by atoms with Crippen molar-refractivity contribution in [2.45, 2.75) is 6.54 Å². The van der Waals surface area contributed by atoms with Crippen molar-refractivity contribution >= 4 is 23.9 Å². The van der Waals surface area contributed by atoms with Gasteiger partial charge in [-0.25, -0.2) is 9.38 Å². The van der Waals surface area contributed by atoms with Crippen LogP contribution in [-0.4, -0.2) is 35.4 Å². The molecule has 0 spiro atoms. The van der Waals surface area contributed by atoms with Gasteiger partial charge in [0.05, 0.1) is 6.54 Å². The van der Waals surface area contributed by atoms with Crippen LogP contribution in [0.4, 0.5) is 4.39 Å². The largest absolute Gasteiger partial charge is 0.481 e. The highest BCUT2D eigenvalue weighted by atomic mass is 19.1. The lowest BCUT2D eigenvalue weighted by atomic mass is 10.1. The maximum atomic E-state index is 13.6. The third-order valence-electron chi connectivity index (χ3n) is 4.02. The van der Waals surface area contributed by atoms with Crippen molar-refractivity contribution in [3.63, 3.8) is 0 Å². The predicted molar refractivity (Wildman–Crippen MR) is 100 cm³/mol. The summed E-state index contributed by atoms with van der Waals surface area (Å²) in [5.74, 6) is -0.368. The second kappa shape index (κ2) is 7.33. The second-order valence-electron chi connectivity index (χ2n) is 5.86. The Morgan fingerprint density at radius 1 is 1.19 bits per heavy atom. The number of halogens is 1. The van der Waals surface area contributed by atoms with Gasteiger partial charge in [-0.2, -0.15) is 9.98 Å².